The van der Waals surface area contributed by atoms with Crippen molar-refractivity contribution < 1.29 is 14.7 Å². The van der Waals surface area contributed by atoms with Gasteiger partial charge in [0.15, 0.2) is 5.13 Å². The molecule has 1 aromatic heterocycles. The summed E-state index contributed by atoms with van der Waals surface area (Å²) in [6, 6.07) is 15.3. The van der Waals surface area contributed by atoms with Gasteiger partial charge in [-0.25, -0.2) is 4.98 Å². The number of carbonyl (C=O) groups is 2. The standard InChI is InChI=1S/C20H13BrN2O3S/c21-14-8-6-12(7-9-14)16-15(17(24)13-4-2-1-3-5-13)18(25)19(26)23(16)20-22-10-11-27-20/h1-11,16,24H/b17-15-. The van der Waals surface area contributed by atoms with Gasteiger partial charge in [0, 0.05) is 21.6 Å². The summed E-state index contributed by atoms with van der Waals surface area (Å²) in [5.74, 6) is -1.62. The number of hydrogen-bond donors (Lipinski definition) is 1. The number of anilines is 1. The molecule has 1 saturated heterocycles. The molecule has 1 N–H and O–H groups in total. The number of rotatable bonds is 3. The maximum Gasteiger partial charge on any atom is 0.301 e. The molecule has 0 saturated carbocycles. The van der Waals surface area contributed by atoms with E-state index in [1.165, 1.54) is 16.2 Å². The first-order chi connectivity index (χ1) is 13.1. The molecule has 4 rings (SSSR count). The number of Topliss-reactive ketones (excluding diaryl/α,β-unsaturated/α-hetero) is 1. The van der Waals surface area contributed by atoms with Crippen molar-refractivity contribution in [3.63, 3.8) is 0 Å². The first-order valence-corrected chi connectivity index (χ1v) is 9.76. The molecule has 7 heteroatoms. The Morgan fingerprint density at radius 1 is 1.07 bits per heavy atom. The summed E-state index contributed by atoms with van der Waals surface area (Å²) in [5, 5.41) is 13.0. The maximum atomic E-state index is 12.8. The van der Waals surface area contributed by atoms with Crippen LogP contribution in [-0.4, -0.2) is 21.8 Å². The van der Waals surface area contributed by atoms with Gasteiger partial charge in [-0.3, -0.25) is 14.5 Å². The van der Waals surface area contributed by atoms with Gasteiger partial charge in [-0.1, -0.05) is 58.4 Å². The SMILES string of the molecule is O=C1C(=O)N(c2nccs2)C(c2ccc(Br)cc2)/C1=C(/O)c1ccccc1. The van der Waals surface area contributed by atoms with E-state index in [-0.39, 0.29) is 11.3 Å². The lowest BCUT2D eigenvalue weighted by Gasteiger charge is -2.23. The second-order valence-electron chi connectivity index (χ2n) is 5.90. The highest BCUT2D eigenvalue weighted by atomic mass is 79.9. The molecule has 27 heavy (non-hydrogen) atoms. The number of aromatic nitrogens is 1. The van der Waals surface area contributed by atoms with Gasteiger partial charge in [0.1, 0.15) is 5.76 Å². The van der Waals surface area contributed by atoms with Crippen molar-refractivity contribution in [1.29, 1.82) is 0 Å². The zero-order valence-corrected chi connectivity index (χ0v) is 16.3. The van der Waals surface area contributed by atoms with Crippen molar-refractivity contribution in [2.75, 3.05) is 4.90 Å². The molecule has 5 nitrogen and oxygen atoms in total. The van der Waals surface area contributed by atoms with Gasteiger partial charge in [-0.05, 0) is 17.7 Å². The molecule has 1 aliphatic rings. The van der Waals surface area contributed by atoms with Crippen molar-refractivity contribution in [3.8, 4) is 0 Å². The maximum absolute atomic E-state index is 12.8. The molecular weight excluding hydrogens is 428 g/mol. The number of nitrogens with zero attached hydrogens (tertiary/aromatic N) is 2. The fraction of sp³-hybridized carbons (Fsp3) is 0.0500. The number of aliphatic hydroxyl groups excluding tert-OH is 1. The Morgan fingerprint density at radius 3 is 2.41 bits per heavy atom. The summed E-state index contributed by atoms with van der Waals surface area (Å²) >= 11 is 4.66. The Bertz CT molecular complexity index is 1030. The Morgan fingerprint density at radius 2 is 1.78 bits per heavy atom. The second-order valence-corrected chi connectivity index (χ2v) is 7.69. The average molecular weight is 441 g/mol. The van der Waals surface area contributed by atoms with Gasteiger partial charge in [0.25, 0.3) is 5.78 Å². The van der Waals surface area contributed by atoms with E-state index < -0.39 is 17.7 Å². The molecule has 0 radical (unpaired) electrons. The predicted octanol–water partition coefficient (Wildman–Crippen LogP) is 4.53. The van der Waals surface area contributed by atoms with Gasteiger partial charge in [-0.2, -0.15) is 0 Å². The minimum Gasteiger partial charge on any atom is -0.507 e. The van der Waals surface area contributed by atoms with Gasteiger partial charge in [0.05, 0.1) is 11.6 Å². The van der Waals surface area contributed by atoms with E-state index in [4.69, 9.17) is 0 Å². The van der Waals surface area contributed by atoms with Crippen LogP contribution in [0.15, 0.2) is 76.2 Å². The van der Waals surface area contributed by atoms with E-state index >= 15 is 0 Å². The first kappa shape index (κ1) is 17.6. The number of hydrogen-bond acceptors (Lipinski definition) is 5. The Labute approximate surface area is 167 Å². The Hall–Kier alpha value is -2.77. The average Bonchev–Trinajstić information content (AvgIpc) is 3.30. The molecule has 0 spiro atoms. The van der Waals surface area contributed by atoms with E-state index in [2.05, 4.69) is 20.9 Å². The summed E-state index contributed by atoms with van der Waals surface area (Å²) < 4.78 is 0.875. The number of amides is 1. The third-order valence-electron chi connectivity index (χ3n) is 4.30. The Balaban J connectivity index is 1.94. The molecule has 2 aromatic carbocycles. The highest BCUT2D eigenvalue weighted by Crippen LogP contribution is 2.42. The van der Waals surface area contributed by atoms with Crippen LogP contribution < -0.4 is 4.90 Å². The van der Waals surface area contributed by atoms with Crippen LogP contribution in [0.25, 0.3) is 5.76 Å². The number of halogens is 1. The van der Waals surface area contributed by atoms with E-state index in [1.54, 1.807) is 35.8 Å². The van der Waals surface area contributed by atoms with Crippen LogP contribution in [0, 0.1) is 0 Å². The lowest BCUT2D eigenvalue weighted by molar-refractivity contribution is -0.132. The van der Waals surface area contributed by atoms with Gasteiger partial charge in [-0.15, -0.1) is 11.3 Å². The molecule has 0 bridgehead atoms. The van der Waals surface area contributed by atoms with Crippen molar-refractivity contribution in [3.05, 3.63) is 87.3 Å². The lowest BCUT2D eigenvalue weighted by Crippen LogP contribution is -2.29. The van der Waals surface area contributed by atoms with Gasteiger partial charge >= 0.3 is 5.91 Å². The minimum atomic E-state index is -0.746. The van der Waals surface area contributed by atoms with Crippen molar-refractivity contribution >= 4 is 49.8 Å². The smallest absolute Gasteiger partial charge is 0.301 e. The normalized spacial score (nSPS) is 18.9. The van der Waals surface area contributed by atoms with Crippen molar-refractivity contribution in [2.24, 2.45) is 0 Å². The van der Waals surface area contributed by atoms with Crippen molar-refractivity contribution in [2.45, 2.75) is 6.04 Å². The van der Waals surface area contributed by atoms with Gasteiger partial charge in [0.2, 0.25) is 0 Å². The first-order valence-electron chi connectivity index (χ1n) is 8.09. The third-order valence-corrected chi connectivity index (χ3v) is 5.60. The highest BCUT2D eigenvalue weighted by molar-refractivity contribution is 9.10. The highest BCUT2D eigenvalue weighted by Gasteiger charge is 2.47. The van der Waals surface area contributed by atoms with Crippen molar-refractivity contribution in [1.82, 2.24) is 4.98 Å². The molecular formula is C20H13BrN2O3S. The lowest BCUT2D eigenvalue weighted by atomic mass is 9.95. The second kappa shape index (κ2) is 7.09. The number of carbonyl (C=O) groups excluding carboxylic acids is 2. The molecule has 1 atom stereocenters. The van der Waals surface area contributed by atoms with Crippen LogP contribution in [0.4, 0.5) is 5.13 Å². The number of ketones is 1. The quantitative estimate of drug-likeness (QED) is 0.368. The number of benzene rings is 2. The summed E-state index contributed by atoms with van der Waals surface area (Å²) in [7, 11) is 0. The van der Waals surface area contributed by atoms with Crippen LogP contribution in [0.2, 0.25) is 0 Å². The Kier molecular flexibility index (Phi) is 4.63. The van der Waals surface area contributed by atoms with E-state index in [1.807, 2.05) is 30.3 Å². The summed E-state index contributed by atoms with van der Waals surface area (Å²) in [5.41, 5.74) is 1.26. The van der Waals surface area contributed by atoms with E-state index in [0.717, 1.165) is 4.47 Å². The van der Waals surface area contributed by atoms with Crippen LogP contribution in [0.3, 0.4) is 0 Å². The molecule has 134 valence electrons. The largest absolute Gasteiger partial charge is 0.507 e. The number of aliphatic hydroxyl groups is 1. The number of thiazole rings is 1. The molecule has 1 fully saturated rings. The minimum absolute atomic E-state index is 0.0590. The fourth-order valence-electron chi connectivity index (χ4n) is 3.08. The van der Waals surface area contributed by atoms with Crippen LogP contribution >= 0.6 is 27.3 Å². The van der Waals surface area contributed by atoms with E-state index in [9.17, 15) is 14.7 Å². The summed E-state index contributed by atoms with van der Waals surface area (Å²) in [6.45, 7) is 0. The topological polar surface area (TPSA) is 70.5 Å². The molecule has 2 heterocycles. The zero-order chi connectivity index (χ0) is 19.0. The van der Waals surface area contributed by atoms with Crippen LogP contribution in [0.5, 0.6) is 0 Å². The summed E-state index contributed by atoms with van der Waals surface area (Å²) in [6.07, 6.45) is 1.58. The monoisotopic (exact) mass is 440 g/mol. The van der Waals surface area contributed by atoms with E-state index in [0.29, 0.717) is 16.3 Å². The van der Waals surface area contributed by atoms with Gasteiger partial charge < -0.3 is 5.11 Å². The van der Waals surface area contributed by atoms with Crippen LogP contribution in [0.1, 0.15) is 17.2 Å². The predicted molar refractivity (Wildman–Crippen MR) is 107 cm³/mol. The molecule has 1 unspecified atom stereocenters. The molecule has 0 aliphatic carbocycles. The fourth-order valence-corrected chi connectivity index (χ4v) is 4.01. The zero-order valence-electron chi connectivity index (χ0n) is 13.9. The third kappa shape index (κ3) is 3.09. The molecule has 1 amide bonds. The van der Waals surface area contributed by atoms with Crippen LogP contribution in [-0.2, 0) is 9.59 Å². The summed E-state index contributed by atoms with van der Waals surface area (Å²) in [4.78, 5) is 31.2. The molecule has 3 aromatic rings. The molecule has 1 aliphatic heterocycles.